The maximum Gasteiger partial charge on any atom is 0.307 e. The fourth-order valence-corrected chi connectivity index (χ4v) is 4.16. The zero-order chi connectivity index (χ0) is 15.4. The molecule has 0 N–H and O–H groups in total. The first-order chi connectivity index (χ1) is 10.7. The first kappa shape index (κ1) is 15.5. The molecule has 0 aliphatic carbocycles. The molecular formula is C18H24N2OS. The van der Waals surface area contributed by atoms with E-state index in [0.717, 1.165) is 25.2 Å². The van der Waals surface area contributed by atoms with Crippen molar-refractivity contribution in [2.24, 2.45) is 0 Å². The summed E-state index contributed by atoms with van der Waals surface area (Å²) in [5.74, 6) is 0. The van der Waals surface area contributed by atoms with E-state index < -0.39 is 0 Å². The van der Waals surface area contributed by atoms with Crippen LogP contribution < -0.4 is 4.87 Å². The first-order valence-corrected chi connectivity index (χ1v) is 9.05. The summed E-state index contributed by atoms with van der Waals surface area (Å²) in [5, 5.41) is 1.96. The van der Waals surface area contributed by atoms with Gasteiger partial charge in [-0.05, 0) is 44.7 Å². The van der Waals surface area contributed by atoms with Gasteiger partial charge >= 0.3 is 4.87 Å². The second-order valence-electron chi connectivity index (χ2n) is 6.15. The predicted molar refractivity (Wildman–Crippen MR) is 92.7 cm³/mol. The van der Waals surface area contributed by atoms with E-state index in [-0.39, 0.29) is 4.87 Å². The highest BCUT2D eigenvalue weighted by atomic mass is 32.1. The van der Waals surface area contributed by atoms with Gasteiger partial charge in [-0.25, -0.2) is 0 Å². The van der Waals surface area contributed by atoms with Gasteiger partial charge < -0.3 is 4.57 Å². The number of thiazole rings is 1. The fraction of sp³-hybridized carbons (Fsp3) is 0.500. The zero-order valence-corrected chi connectivity index (χ0v) is 14.0. The number of likely N-dealkylation sites (tertiary alicyclic amines) is 1. The van der Waals surface area contributed by atoms with E-state index in [9.17, 15) is 4.79 Å². The van der Waals surface area contributed by atoms with E-state index in [4.69, 9.17) is 0 Å². The van der Waals surface area contributed by atoms with Crippen molar-refractivity contribution in [3.63, 3.8) is 0 Å². The minimum absolute atomic E-state index is 0.178. The van der Waals surface area contributed by atoms with Crippen LogP contribution in [0.1, 0.15) is 30.5 Å². The Morgan fingerprint density at radius 2 is 2.05 bits per heavy atom. The average molecular weight is 316 g/mol. The van der Waals surface area contributed by atoms with Crippen LogP contribution in [0.25, 0.3) is 0 Å². The number of hydrogen-bond acceptors (Lipinski definition) is 3. The highest BCUT2D eigenvalue weighted by Crippen LogP contribution is 2.21. The molecule has 0 radical (unpaired) electrons. The van der Waals surface area contributed by atoms with Gasteiger partial charge in [0, 0.05) is 30.2 Å². The van der Waals surface area contributed by atoms with Crippen molar-refractivity contribution < 1.29 is 0 Å². The van der Waals surface area contributed by atoms with Gasteiger partial charge in [-0.1, -0.05) is 41.7 Å². The summed E-state index contributed by atoms with van der Waals surface area (Å²) in [5.41, 5.74) is 2.52. The number of nitrogens with zero attached hydrogens (tertiary/aromatic N) is 2. The molecule has 0 amide bonds. The third-order valence-electron chi connectivity index (χ3n) is 4.70. The van der Waals surface area contributed by atoms with Crippen LogP contribution in [0.4, 0.5) is 0 Å². The van der Waals surface area contributed by atoms with Crippen molar-refractivity contribution in [1.29, 1.82) is 0 Å². The Hall–Kier alpha value is -1.39. The summed E-state index contributed by atoms with van der Waals surface area (Å²) >= 11 is 1.31. The molecular weight excluding hydrogens is 292 g/mol. The smallest absolute Gasteiger partial charge is 0.302 e. The number of aromatic nitrogens is 1. The van der Waals surface area contributed by atoms with Crippen molar-refractivity contribution in [3.8, 4) is 0 Å². The van der Waals surface area contributed by atoms with Crippen LogP contribution in [-0.4, -0.2) is 28.6 Å². The van der Waals surface area contributed by atoms with E-state index in [1.54, 1.807) is 0 Å². The van der Waals surface area contributed by atoms with E-state index in [0.29, 0.717) is 6.04 Å². The van der Waals surface area contributed by atoms with Crippen LogP contribution in [0.15, 0.2) is 40.5 Å². The van der Waals surface area contributed by atoms with E-state index in [1.165, 1.54) is 42.7 Å². The summed E-state index contributed by atoms with van der Waals surface area (Å²) in [6, 6.07) is 11.4. The molecule has 2 aromatic rings. The Bertz CT molecular complexity index is 647. The lowest BCUT2D eigenvalue weighted by Gasteiger charge is -2.24. The third-order valence-corrected chi connectivity index (χ3v) is 5.58. The molecule has 2 heterocycles. The Balaban J connectivity index is 1.53. The lowest BCUT2D eigenvalue weighted by Crippen LogP contribution is -2.34. The van der Waals surface area contributed by atoms with Gasteiger partial charge in [0.05, 0.1) is 0 Å². The minimum atomic E-state index is 0.178. The standard InChI is InChI=1S/C18H24N2OS/c1-15-14-22-18(21)20(15)13-12-19-11-5-8-17(19)10-9-16-6-3-2-4-7-16/h2-4,6-7,14,17H,5,8-13H2,1H3/t17-/m0/s1. The number of aryl methyl sites for hydroxylation is 2. The normalized spacial score (nSPS) is 18.9. The van der Waals surface area contributed by atoms with E-state index in [2.05, 4.69) is 35.2 Å². The van der Waals surface area contributed by atoms with Gasteiger partial charge in [-0.3, -0.25) is 9.69 Å². The average Bonchev–Trinajstić information content (AvgIpc) is 3.11. The van der Waals surface area contributed by atoms with Crippen LogP contribution in [0, 0.1) is 6.92 Å². The second-order valence-corrected chi connectivity index (χ2v) is 6.97. The maximum atomic E-state index is 11.8. The summed E-state index contributed by atoms with van der Waals surface area (Å²) in [6.07, 6.45) is 4.96. The van der Waals surface area contributed by atoms with Gasteiger partial charge in [0.2, 0.25) is 0 Å². The van der Waals surface area contributed by atoms with Crippen LogP contribution in [-0.2, 0) is 13.0 Å². The summed E-state index contributed by atoms with van der Waals surface area (Å²) in [6.45, 7) is 5.03. The van der Waals surface area contributed by atoms with Gasteiger partial charge in [0.25, 0.3) is 0 Å². The van der Waals surface area contributed by atoms with Crippen LogP contribution in [0.2, 0.25) is 0 Å². The highest BCUT2D eigenvalue weighted by Gasteiger charge is 2.23. The molecule has 1 aromatic heterocycles. The SMILES string of the molecule is Cc1csc(=O)n1CCN1CCC[C@H]1CCc1ccccc1. The Kier molecular flexibility index (Phi) is 5.11. The summed E-state index contributed by atoms with van der Waals surface area (Å²) in [7, 11) is 0. The van der Waals surface area contributed by atoms with Crippen molar-refractivity contribution in [2.45, 2.75) is 45.2 Å². The van der Waals surface area contributed by atoms with E-state index in [1.807, 2.05) is 16.9 Å². The van der Waals surface area contributed by atoms with Crippen molar-refractivity contribution >= 4 is 11.3 Å². The molecule has 4 heteroatoms. The van der Waals surface area contributed by atoms with Gasteiger partial charge in [-0.2, -0.15) is 0 Å². The van der Waals surface area contributed by atoms with Crippen molar-refractivity contribution in [2.75, 3.05) is 13.1 Å². The molecule has 3 nitrogen and oxygen atoms in total. The number of hydrogen-bond donors (Lipinski definition) is 0. The number of benzene rings is 1. The topological polar surface area (TPSA) is 25.2 Å². The molecule has 1 fully saturated rings. The molecule has 1 aliphatic rings. The summed E-state index contributed by atoms with van der Waals surface area (Å²) in [4.78, 5) is 14.6. The molecule has 118 valence electrons. The molecule has 1 aliphatic heterocycles. The molecule has 22 heavy (non-hydrogen) atoms. The zero-order valence-electron chi connectivity index (χ0n) is 13.2. The highest BCUT2D eigenvalue weighted by molar-refractivity contribution is 7.07. The Morgan fingerprint density at radius 1 is 1.23 bits per heavy atom. The lowest BCUT2D eigenvalue weighted by molar-refractivity contribution is 0.233. The van der Waals surface area contributed by atoms with Crippen LogP contribution in [0.5, 0.6) is 0 Å². The van der Waals surface area contributed by atoms with Crippen molar-refractivity contribution in [3.05, 3.63) is 56.6 Å². The molecule has 0 saturated carbocycles. The summed E-state index contributed by atoms with van der Waals surface area (Å²) < 4.78 is 1.91. The van der Waals surface area contributed by atoms with Gasteiger partial charge in [0.1, 0.15) is 0 Å². The lowest BCUT2D eigenvalue weighted by atomic mass is 10.0. The van der Waals surface area contributed by atoms with E-state index >= 15 is 0 Å². The molecule has 0 bridgehead atoms. The molecule has 0 spiro atoms. The monoisotopic (exact) mass is 316 g/mol. The Labute approximate surface area is 136 Å². The molecule has 0 unspecified atom stereocenters. The number of rotatable bonds is 6. The Morgan fingerprint density at radius 3 is 2.77 bits per heavy atom. The van der Waals surface area contributed by atoms with Crippen LogP contribution >= 0.6 is 11.3 Å². The van der Waals surface area contributed by atoms with Crippen molar-refractivity contribution in [1.82, 2.24) is 9.47 Å². The quantitative estimate of drug-likeness (QED) is 0.817. The third kappa shape index (κ3) is 3.68. The second kappa shape index (κ2) is 7.25. The fourth-order valence-electron chi connectivity index (χ4n) is 3.40. The molecule has 1 atom stereocenters. The molecule has 3 rings (SSSR count). The van der Waals surface area contributed by atoms with Gasteiger partial charge in [-0.15, -0.1) is 0 Å². The predicted octanol–water partition coefficient (Wildman–Crippen LogP) is 3.32. The molecule has 1 saturated heterocycles. The van der Waals surface area contributed by atoms with Crippen LogP contribution in [0.3, 0.4) is 0 Å². The maximum absolute atomic E-state index is 11.8. The first-order valence-electron chi connectivity index (χ1n) is 8.17. The van der Waals surface area contributed by atoms with Gasteiger partial charge in [0.15, 0.2) is 0 Å². The molecule has 1 aromatic carbocycles. The largest absolute Gasteiger partial charge is 0.307 e. The minimum Gasteiger partial charge on any atom is -0.302 e.